The van der Waals surface area contributed by atoms with Gasteiger partial charge in [0.2, 0.25) is 6.29 Å². The van der Waals surface area contributed by atoms with E-state index in [1.54, 1.807) is 13.0 Å². The zero-order chi connectivity index (χ0) is 18.5. The van der Waals surface area contributed by atoms with Gasteiger partial charge in [-0.3, -0.25) is 0 Å². The predicted molar refractivity (Wildman–Crippen MR) is 96.4 cm³/mol. The molecule has 2 aromatic carbocycles. The minimum atomic E-state index is -0.682. The first kappa shape index (κ1) is 18.5. The maximum atomic E-state index is 13.7. The van der Waals surface area contributed by atoms with Crippen molar-refractivity contribution < 1.29 is 23.8 Å². The number of benzene rings is 2. The Morgan fingerprint density at radius 3 is 2.85 bits per heavy atom. The van der Waals surface area contributed by atoms with Gasteiger partial charge in [0.25, 0.3) is 0 Å². The molecule has 1 aliphatic heterocycles. The molecule has 2 aromatic rings. The molecular formula is C21H23FO4. The summed E-state index contributed by atoms with van der Waals surface area (Å²) in [7, 11) is 0. The highest BCUT2D eigenvalue weighted by Gasteiger charge is 2.28. The molecule has 2 atom stereocenters. The second kappa shape index (κ2) is 8.43. The Bertz CT molecular complexity index is 774. The highest BCUT2D eigenvalue weighted by molar-refractivity contribution is 5.75. The fraction of sp³-hybridized carbons (Fsp3) is 0.381. The molecule has 0 bridgehead atoms. The molecule has 0 radical (unpaired) electrons. The number of aliphatic hydroxyl groups excluding tert-OH is 1. The molecule has 2 unspecified atom stereocenters. The quantitative estimate of drug-likeness (QED) is 0.816. The van der Waals surface area contributed by atoms with E-state index in [1.165, 1.54) is 12.1 Å². The average molecular weight is 358 g/mol. The van der Waals surface area contributed by atoms with Crippen molar-refractivity contribution in [2.75, 3.05) is 6.61 Å². The number of aliphatic hydroxyl groups is 1. The molecule has 4 nitrogen and oxygen atoms in total. The van der Waals surface area contributed by atoms with Gasteiger partial charge in [-0.2, -0.15) is 0 Å². The van der Waals surface area contributed by atoms with E-state index in [-0.39, 0.29) is 11.6 Å². The first-order chi connectivity index (χ1) is 12.5. The largest absolute Gasteiger partial charge is 0.462 e. The predicted octanol–water partition coefficient (Wildman–Crippen LogP) is 3.89. The summed E-state index contributed by atoms with van der Waals surface area (Å²) in [4.78, 5) is 11.2. The van der Waals surface area contributed by atoms with Crippen molar-refractivity contribution in [2.24, 2.45) is 0 Å². The lowest BCUT2D eigenvalue weighted by Gasteiger charge is -2.18. The number of ketones is 1. The highest BCUT2D eigenvalue weighted by Crippen LogP contribution is 2.31. The van der Waals surface area contributed by atoms with Crippen LogP contribution in [0.5, 0.6) is 5.75 Å². The minimum Gasteiger partial charge on any atom is -0.462 e. The third kappa shape index (κ3) is 4.68. The number of carbonyl (C=O) groups excluding carboxylic acids is 1. The van der Waals surface area contributed by atoms with Crippen LogP contribution in [-0.2, 0) is 16.0 Å². The summed E-state index contributed by atoms with van der Waals surface area (Å²) >= 11 is 0. The van der Waals surface area contributed by atoms with E-state index in [4.69, 9.17) is 9.47 Å². The first-order valence-corrected chi connectivity index (χ1v) is 8.87. The number of hydrogen-bond acceptors (Lipinski definition) is 4. The van der Waals surface area contributed by atoms with Gasteiger partial charge in [-0.15, -0.1) is 0 Å². The second-order valence-electron chi connectivity index (χ2n) is 6.60. The van der Waals surface area contributed by atoms with E-state index < -0.39 is 12.4 Å². The summed E-state index contributed by atoms with van der Waals surface area (Å²) in [6.45, 7) is 2.04. The van der Waals surface area contributed by atoms with E-state index >= 15 is 0 Å². The van der Waals surface area contributed by atoms with Crippen molar-refractivity contribution in [3.8, 4) is 16.9 Å². The molecule has 0 aliphatic carbocycles. The molecule has 1 heterocycles. The van der Waals surface area contributed by atoms with Crippen molar-refractivity contribution >= 4 is 5.78 Å². The summed E-state index contributed by atoms with van der Waals surface area (Å²) in [6.07, 6.45) is 1.19. The summed E-state index contributed by atoms with van der Waals surface area (Å²) < 4.78 is 24.8. The van der Waals surface area contributed by atoms with Crippen molar-refractivity contribution in [1.82, 2.24) is 0 Å². The van der Waals surface area contributed by atoms with Gasteiger partial charge >= 0.3 is 0 Å². The molecule has 138 valence electrons. The number of rotatable bonds is 7. The highest BCUT2D eigenvalue weighted by atomic mass is 19.1. The van der Waals surface area contributed by atoms with Crippen LogP contribution in [0.25, 0.3) is 11.1 Å². The van der Waals surface area contributed by atoms with Gasteiger partial charge in [0.15, 0.2) is 0 Å². The Labute approximate surface area is 152 Å². The van der Waals surface area contributed by atoms with Gasteiger partial charge in [0.1, 0.15) is 23.5 Å². The van der Waals surface area contributed by atoms with E-state index in [1.807, 2.05) is 24.3 Å². The molecule has 26 heavy (non-hydrogen) atoms. The van der Waals surface area contributed by atoms with Crippen LogP contribution in [0.2, 0.25) is 0 Å². The number of halogens is 1. The number of aryl methyl sites for hydroxylation is 1. The van der Waals surface area contributed by atoms with Crippen molar-refractivity contribution in [2.45, 2.75) is 45.0 Å². The minimum absolute atomic E-state index is 0.157. The van der Waals surface area contributed by atoms with Crippen LogP contribution in [-0.4, -0.2) is 29.9 Å². The number of hydrogen-bond donors (Lipinski definition) is 1. The lowest BCUT2D eigenvalue weighted by atomic mass is 9.95. The van der Waals surface area contributed by atoms with E-state index in [2.05, 4.69) is 0 Å². The van der Waals surface area contributed by atoms with Gasteiger partial charge in [-0.1, -0.05) is 18.2 Å². The maximum absolute atomic E-state index is 13.7. The van der Waals surface area contributed by atoms with Crippen LogP contribution in [0.15, 0.2) is 42.5 Å². The van der Waals surface area contributed by atoms with Crippen LogP contribution >= 0.6 is 0 Å². The Balaban J connectivity index is 1.87. The van der Waals surface area contributed by atoms with Gasteiger partial charge in [-0.05, 0) is 60.7 Å². The Kier molecular flexibility index (Phi) is 6.01. The molecule has 1 N–H and O–H groups in total. The zero-order valence-corrected chi connectivity index (χ0v) is 14.8. The number of ether oxygens (including phenoxy) is 2. The van der Waals surface area contributed by atoms with E-state index in [0.29, 0.717) is 31.6 Å². The molecule has 1 aliphatic rings. The summed E-state index contributed by atoms with van der Waals surface area (Å²) in [5, 5.41) is 9.86. The Morgan fingerprint density at radius 1 is 1.31 bits per heavy atom. The molecular weight excluding hydrogens is 335 g/mol. The summed E-state index contributed by atoms with van der Waals surface area (Å²) in [5.41, 5.74) is 2.64. The lowest BCUT2D eigenvalue weighted by Crippen LogP contribution is -2.27. The van der Waals surface area contributed by atoms with Crippen LogP contribution in [0.4, 0.5) is 4.39 Å². The summed E-state index contributed by atoms with van der Waals surface area (Å²) in [5.74, 6) is 0.410. The van der Waals surface area contributed by atoms with Gasteiger partial charge in [0.05, 0.1) is 6.61 Å². The Morgan fingerprint density at radius 2 is 2.15 bits per heavy atom. The van der Waals surface area contributed by atoms with Crippen LogP contribution < -0.4 is 4.74 Å². The number of Topliss-reactive ketones (excluding diaryl/α,β-unsaturated/α-hetero) is 1. The van der Waals surface area contributed by atoms with Gasteiger partial charge in [-0.25, -0.2) is 4.39 Å². The third-order valence-corrected chi connectivity index (χ3v) is 4.45. The zero-order valence-electron chi connectivity index (χ0n) is 14.8. The molecule has 1 saturated heterocycles. The normalized spacial score (nSPS) is 19.5. The lowest BCUT2D eigenvalue weighted by molar-refractivity contribution is -0.117. The smallest absolute Gasteiger partial charge is 0.226 e. The van der Waals surface area contributed by atoms with Crippen molar-refractivity contribution in [1.29, 1.82) is 0 Å². The first-order valence-electron chi connectivity index (χ1n) is 8.87. The molecule has 3 rings (SSSR count). The molecule has 5 heteroatoms. The second-order valence-corrected chi connectivity index (χ2v) is 6.60. The molecule has 0 spiro atoms. The molecule has 1 fully saturated rings. The fourth-order valence-corrected chi connectivity index (χ4v) is 3.10. The molecule has 0 amide bonds. The monoisotopic (exact) mass is 358 g/mol. The standard InChI is InChI=1S/C21H23FO4/c1-14(23)4-2-5-15-8-9-18(26-21-20(24)10-11-25-21)13-19(15)16-6-3-7-17(22)12-16/h3,6-9,12-13,20-21,24H,2,4-5,10-11H2,1H3. The average Bonchev–Trinajstić information content (AvgIpc) is 3.00. The maximum Gasteiger partial charge on any atom is 0.226 e. The third-order valence-electron chi connectivity index (χ3n) is 4.45. The van der Waals surface area contributed by atoms with Crippen molar-refractivity contribution in [3.05, 3.63) is 53.8 Å². The SMILES string of the molecule is CC(=O)CCCc1ccc(OC2OCCC2O)cc1-c1cccc(F)c1. The Hall–Kier alpha value is -2.24. The van der Waals surface area contributed by atoms with E-state index in [0.717, 1.165) is 23.1 Å². The van der Waals surface area contributed by atoms with Crippen molar-refractivity contribution in [3.63, 3.8) is 0 Å². The van der Waals surface area contributed by atoms with Gasteiger partial charge in [0, 0.05) is 12.8 Å². The van der Waals surface area contributed by atoms with Crippen LogP contribution in [0.1, 0.15) is 31.7 Å². The van der Waals surface area contributed by atoms with Crippen LogP contribution in [0.3, 0.4) is 0 Å². The van der Waals surface area contributed by atoms with Crippen LogP contribution in [0, 0.1) is 5.82 Å². The molecule has 0 aromatic heterocycles. The molecule has 0 saturated carbocycles. The number of carbonyl (C=O) groups is 1. The topological polar surface area (TPSA) is 55.8 Å². The summed E-state index contributed by atoms with van der Waals surface area (Å²) in [6, 6.07) is 12.0. The van der Waals surface area contributed by atoms with Gasteiger partial charge < -0.3 is 19.4 Å². The van der Waals surface area contributed by atoms with E-state index in [9.17, 15) is 14.3 Å². The fourth-order valence-electron chi connectivity index (χ4n) is 3.10.